The van der Waals surface area contributed by atoms with Gasteiger partial charge in [0.2, 0.25) is 0 Å². The van der Waals surface area contributed by atoms with Crippen LogP contribution in [0.1, 0.15) is 27.7 Å². The first-order valence-corrected chi connectivity index (χ1v) is 4.81. The van der Waals surface area contributed by atoms with Crippen LogP contribution in [0.3, 0.4) is 0 Å². The van der Waals surface area contributed by atoms with Crippen LogP contribution in [-0.4, -0.2) is 9.52 Å². The molecule has 0 atom stereocenters. The summed E-state index contributed by atoms with van der Waals surface area (Å²) in [6, 6.07) is 0. The molecule has 0 saturated heterocycles. The molecule has 0 unspecified atom stereocenters. The third-order valence-electron chi connectivity index (χ3n) is 1.22. The van der Waals surface area contributed by atoms with Crippen molar-refractivity contribution in [3.8, 4) is 0 Å². The van der Waals surface area contributed by atoms with Crippen LogP contribution in [-0.2, 0) is 0 Å². The van der Waals surface area contributed by atoms with Crippen LogP contribution in [0.5, 0.6) is 0 Å². The Balaban J connectivity index is 3.39. The highest BCUT2D eigenvalue weighted by atomic mass is 28.2. The molecule has 0 nitrogen and oxygen atoms in total. The van der Waals surface area contributed by atoms with E-state index in [9.17, 15) is 0 Å². The van der Waals surface area contributed by atoms with Gasteiger partial charge in [-0.15, -0.1) is 0 Å². The lowest BCUT2D eigenvalue weighted by Crippen LogP contribution is -1.95. The van der Waals surface area contributed by atoms with E-state index in [1.165, 1.54) is 0 Å². The Kier molecular flexibility index (Phi) is 3.88. The summed E-state index contributed by atoms with van der Waals surface area (Å²) < 4.78 is 0. The van der Waals surface area contributed by atoms with Gasteiger partial charge in [0.15, 0.2) is 0 Å². The lowest BCUT2D eigenvalue weighted by atomic mass is 10.5. The van der Waals surface area contributed by atoms with E-state index < -0.39 is 0 Å². The quantitative estimate of drug-likeness (QED) is 0.498. The molecule has 0 N–H and O–H groups in total. The van der Waals surface area contributed by atoms with E-state index in [0.29, 0.717) is 0 Å². The highest BCUT2D eigenvalue weighted by Gasteiger charge is 1.93. The van der Waals surface area contributed by atoms with E-state index in [1.807, 2.05) is 0 Å². The van der Waals surface area contributed by atoms with Crippen molar-refractivity contribution in [2.24, 2.45) is 0 Å². The second-order valence-electron chi connectivity index (χ2n) is 2.73. The second kappa shape index (κ2) is 3.90. The van der Waals surface area contributed by atoms with Crippen LogP contribution in [0.4, 0.5) is 0 Å². The molecule has 0 aliphatic carbocycles. The molecule has 48 valence electrons. The summed E-state index contributed by atoms with van der Waals surface area (Å²) in [5.41, 5.74) is 0.950. The van der Waals surface area contributed by atoms with Gasteiger partial charge in [0, 0.05) is 0 Å². The molecule has 0 bridgehead atoms. The van der Waals surface area contributed by atoms with E-state index in [1.54, 1.807) is 5.20 Å². The molecular weight excluding hydrogens is 112 g/mol. The van der Waals surface area contributed by atoms with Gasteiger partial charge in [0.25, 0.3) is 0 Å². The number of hydrogen-bond acceptors (Lipinski definition) is 0. The molecule has 0 heterocycles. The molecule has 8 heavy (non-hydrogen) atoms. The van der Waals surface area contributed by atoms with Gasteiger partial charge in [-0.3, -0.25) is 0 Å². The molecule has 0 aliphatic heterocycles. The fourth-order valence-corrected chi connectivity index (χ4v) is 2.29. The van der Waals surface area contributed by atoms with Crippen LogP contribution in [0.15, 0.2) is 11.3 Å². The number of hydrogen-bond donors (Lipinski definition) is 0. The van der Waals surface area contributed by atoms with Crippen molar-refractivity contribution in [2.75, 3.05) is 0 Å². The third kappa shape index (κ3) is 4.12. The maximum absolute atomic E-state index is 2.30. The van der Waals surface area contributed by atoms with E-state index in [-0.39, 0.29) is 9.52 Å². The zero-order valence-corrected chi connectivity index (χ0v) is 7.78. The lowest BCUT2D eigenvalue weighted by molar-refractivity contribution is 1.06. The van der Waals surface area contributed by atoms with E-state index in [2.05, 4.69) is 33.8 Å². The Hall–Kier alpha value is -0.0431. The minimum absolute atomic E-state index is 0.132. The Morgan fingerprint density at radius 2 is 2.00 bits per heavy atom. The topological polar surface area (TPSA) is 0 Å². The Labute approximate surface area is 54.8 Å². The van der Waals surface area contributed by atoms with Crippen LogP contribution in [0, 0.1) is 0 Å². The lowest BCUT2D eigenvalue weighted by Gasteiger charge is -2.00. The fourth-order valence-electron chi connectivity index (χ4n) is 0.762. The molecule has 0 radical (unpaired) electrons. The summed E-state index contributed by atoms with van der Waals surface area (Å²) >= 11 is 0. The van der Waals surface area contributed by atoms with Gasteiger partial charge in [-0.05, 0) is 13.8 Å². The zero-order chi connectivity index (χ0) is 6.57. The van der Waals surface area contributed by atoms with Crippen LogP contribution in [0.2, 0.25) is 5.54 Å². The molecule has 0 aromatic heterocycles. The molecule has 0 spiro atoms. The smallest absolute Gasteiger partial charge is 0.0513 e. The predicted molar refractivity (Wildman–Crippen MR) is 43.1 cm³/mol. The highest BCUT2D eigenvalue weighted by Crippen LogP contribution is 2.02. The van der Waals surface area contributed by atoms with Crippen molar-refractivity contribution >= 4 is 9.52 Å². The van der Waals surface area contributed by atoms with Gasteiger partial charge in [0.1, 0.15) is 0 Å². The van der Waals surface area contributed by atoms with Crippen molar-refractivity contribution in [1.29, 1.82) is 0 Å². The first kappa shape index (κ1) is 7.96. The van der Waals surface area contributed by atoms with Crippen LogP contribution < -0.4 is 0 Å². The van der Waals surface area contributed by atoms with Crippen molar-refractivity contribution in [1.82, 2.24) is 0 Å². The fraction of sp³-hybridized carbons (Fsp3) is 0.714. The first-order chi connectivity index (χ1) is 3.66. The molecule has 0 amide bonds. The molecule has 0 aromatic carbocycles. The zero-order valence-electron chi connectivity index (χ0n) is 6.36. The molecular formula is C7H16Si. The van der Waals surface area contributed by atoms with Crippen molar-refractivity contribution in [3.05, 3.63) is 11.3 Å². The SMILES string of the molecule is CC=C(C)[SiH2]C(C)C. The summed E-state index contributed by atoms with van der Waals surface area (Å²) in [7, 11) is 0.132. The van der Waals surface area contributed by atoms with Gasteiger partial charge in [-0.25, -0.2) is 0 Å². The summed E-state index contributed by atoms with van der Waals surface area (Å²) in [6.45, 7) is 8.98. The Bertz CT molecular complexity index is 82.4. The number of allylic oxidation sites excluding steroid dienone is 2. The summed E-state index contributed by atoms with van der Waals surface area (Å²) in [5.74, 6) is 0. The molecule has 0 aromatic rings. The van der Waals surface area contributed by atoms with E-state index in [4.69, 9.17) is 0 Å². The van der Waals surface area contributed by atoms with Gasteiger partial charge < -0.3 is 0 Å². The maximum Gasteiger partial charge on any atom is 0.0513 e. The summed E-state index contributed by atoms with van der Waals surface area (Å²) in [5, 5.41) is 1.64. The normalized spacial score (nSPS) is 14.4. The monoisotopic (exact) mass is 128 g/mol. The van der Waals surface area contributed by atoms with Crippen LogP contribution >= 0.6 is 0 Å². The largest absolute Gasteiger partial charge is 0.0949 e. The minimum Gasteiger partial charge on any atom is -0.0949 e. The number of rotatable bonds is 2. The third-order valence-corrected chi connectivity index (χ3v) is 3.09. The van der Waals surface area contributed by atoms with Crippen molar-refractivity contribution in [3.63, 3.8) is 0 Å². The second-order valence-corrected chi connectivity index (χ2v) is 5.89. The minimum atomic E-state index is 0.132. The predicted octanol–water partition coefficient (Wildman–Crippen LogP) is 1.91. The molecule has 0 aliphatic rings. The summed E-state index contributed by atoms with van der Waals surface area (Å²) in [4.78, 5) is 0. The Morgan fingerprint density at radius 1 is 1.50 bits per heavy atom. The highest BCUT2D eigenvalue weighted by molar-refractivity contribution is 6.46. The van der Waals surface area contributed by atoms with Gasteiger partial charge >= 0.3 is 0 Å². The van der Waals surface area contributed by atoms with E-state index in [0.717, 1.165) is 5.54 Å². The molecule has 0 fully saturated rings. The maximum atomic E-state index is 2.30. The van der Waals surface area contributed by atoms with Crippen molar-refractivity contribution < 1.29 is 0 Å². The van der Waals surface area contributed by atoms with Gasteiger partial charge in [-0.1, -0.05) is 30.7 Å². The average molecular weight is 128 g/mol. The molecule has 0 saturated carbocycles. The molecule has 0 rings (SSSR count). The first-order valence-electron chi connectivity index (χ1n) is 3.28. The standard InChI is InChI=1S/C7H16Si/c1-5-7(4)8-6(2)3/h5-6H,8H2,1-4H3. The van der Waals surface area contributed by atoms with Gasteiger partial charge in [0.05, 0.1) is 9.52 Å². The average Bonchev–Trinajstić information content (AvgIpc) is 1.65. The summed E-state index contributed by atoms with van der Waals surface area (Å²) in [6.07, 6.45) is 2.24. The van der Waals surface area contributed by atoms with Gasteiger partial charge in [-0.2, -0.15) is 0 Å². The van der Waals surface area contributed by atoms with Crippen molar-refractivity contribution in [2.45, 2.75) is 33.2 Å². The van der Waals surface area contributed by atoms with E-state index >= 15 is 0 Å². The van der Waals surface area contributed by atoms with Crippen LogP contribution in [0.25, 0.3) is 0 Å². The molecule has 1 heteroatoms. The Morgan fingerprint density at radius 3 is 2.12 bits per heavy atom.